The summed E-state index contributed by atoms with van der Waals surface area (Å²) in [5.41, 5.74) is 12.3. The molecule has 0 aliphatic rings. The number of rotatable bonds is 0. The monoisotopic (exact) mass is 235 g/mol. The molecule has 0 bridgehead atoms. The Morgan fingerprint density at radius 2 is 1.56 bits per heavy atom. The molecule has 0 heterocycles. The Kier molecular flexibility index (Phi) is 3.39. The van der Waals surface area contributed by atoms with Gasteiger partial charge in [-0.1, -0.05) is 35.6 Å². The van der Waals surface area contributed by atoms with Crippen molar-refractivity contribution in [3.8, 4) is 11.8 Å². The van der Waals surface area contributed by atoms with Crippen LogP contribution in [-0.4, -0.2) is 0 Å². The maximum Gasteiger partial charge on any atom is 0.0326 e. The quantitative estimate of drug-likeness (QED) is 0.548. The van der Waals surface area contributed by atoms with E-state index >= 15 is 0 Å². The van der Waals surface area contributed by atoms with E-state index in [0.29, 0.717) is 0 Å². The Morgan fingerprint density at radius 3 is 2.17 bits per heavy atom. The minimum Gasteiger partial charge on any atom is -0.399 e. The van der Waals surface area contributed by atoms with E-state index < -0.39 is 0 Å². The minimum absolute atomic E-state index is 0.749. The van der Waals surface area contributed by atoms with Gasteiger partial charge in [0.1, 0.15) is 0 Å². The lowest BCUT2D eigenvalue weighted by Crippen LogP contribution is -1.90. The largest absolute Gasteiger partial charge is 0.399 e. The van der Waals surface area contributed by atoms with Gasteiger partial charge in [-0.3, -0.25) is 0 Å². The van der Waals surface area contributed by atoms with Gasteiger partial charge in [0, 0.05) is 16.8 Å². The highest BCUT2D eigenvalue weighted by Gasteiger charge is 2.00. The van der Waals surface area contributed by atoms with E-state index in [9.17, 15) is 0 Å². The van der Waals surface area contributed by atoms with Crippen molar-refractivity contribution in [3.05, 3.63) is 64.2 Å². The molecule has 0 atom stereocenters. The Bertz CT molecular complexity index is 619. The summed E-state index contributed by atoms with van der Waals surface area (Å²) in [6.07, 6.45) is 0. The van der Waals surface area contributed by atoms with E-state index in [1.807, 2.05) is 24.3 Å². The molecule has 0 radical (unpaired) electrons. The van der Waals surface area contributed by atoms with Crippen LogP contribution in [0.1, 0.15) is 27.8 Å². The van der Waals surface area contributed by atoms with Gasteiger partial charge in [0.2, 0.25) is 0 Å². The van der Waals surface area contributed by atoms with Crippen LogP contribution in [0.4, 0.5) is 5.69 Å². The van der Waals surface area contributed by atoms with Crippen molar-refractivity contribution >= 4 is 5.69 Å². The Balaban J connectivity index is 2.42. The highest BCUT2D eigenvalue weighted by atomic mass is 14.5. The number of hydrogen-bond donors (Lipinski definition) is 1. The molecular weight excluding hydrogens is 218 g/mol. The van der Waals surface area contributed by atoms with Gasteiger partial charge < -0.3 is 5.73 Å². The molecule has 0 fully saturated rings. The van der Waals surface area contributed by atoms with Gasteiger partial charge >= 0.3 is 0 Å². The number of nitrogens with two attached hydrogens (primary N) is 1. The zero-order valence-corrected chi connectivity index (χ0v) is 11.0. The first kappa shape index (κ1) is 12.3. The number of benzene rings is 2. The van der Waals surface area contributed by atoms with Crippen molar-refractivity contribution in [2.75, 3.05) is 5.73 Å². The maximum absolute atomic E-state index is 5.74. The maximum atomic E-state index is 5.74. The molecule has 2 N–H and O–H groups in total. The van der Waals surface area contributed by atoms with Gasteiger partial charge in [-0.05, 0) is 50.1 Å². The van der Waals surface area contributed by atoms with E-state index in [2.05, 4.69) is 44.7 Å². The van der Waals surface area contributed by atoms with Crippen molar-refractivity contribution in [1.82, 2.24) is 0 Å². The van der Waals surface area contributed by atoms with Crippen molar-refractivity contribution in [1.29, 1.82) is 0 Å². The Hall–Kier alpha value is -2.20. The molecular formula is C17H17N. The van der Waals surface area contributed by atoms with E-state index in [-0.39, 0.29) is 0 Å². The minimum atomic E-state index is 0.749. The fraction of sp³-hybridized carbons (Fsp3) is 0.176. The van der Waals surface area contributed by atoms with Crippen molar-refractivity contribution < 1.29 is 0 Å². The fourth-order valence-electron chi connectivity index (χ4n) is 2.13. The average molecular weight is 235 g/mol. The average Bonchev–Trinajstić information content (AvgIpc) is 2.27. The standard InChI is InChI=1S/C17H17N/c1-12-9-13(2)17(14(3)10-12)8-7-15-5-4-6-16(18)11-15/h4-6,9-11H,18H2,1-3H3. The lowest BCUT2D eigenvalue weighted by Gasteiger charge is -2.04. The van der Waals surface area contributed by atoms with Gasteiger partial charge in [-0.15, -0.1) is 0 Å². The third-order valence-electron chi connectivity index (χ3n) is 2.90. The lowest BCUT2D eigenvalue weighted by molar-refractivity contribution is 1.30. The number of anilines is 1. The SMILES string of the molecule is Cc1cc(C)c(C#Cc2cccc(N)c2)c(C)c1. The van der Waals surface area contributed by atoms with E-state index in [4.69, 9.17) is 5.73 Å². The number of nitrogen functional groups attached to an aromatic ring is 1. The lowest BCUT2D eigenvalue weighted by atomic mass is 10.00. The van der Waals surface area contributed by atoms with Crippen molar-refractivity contribution in [3.63, 3.8) is 0 Å². The van der Waals surface area contributed by atoms with Crippen LogP contribution >= 0.6 is 0 Å². The number of aryl methyl sites for hydroxylation is 3. The smallest absolute Gasteiger partial charge is 0.0326 e. The third-order valence-corrected chi connectivity index (χ3v) is 2.90. The second-order valence-corrected chi connectivity index (χ2v) is 4.65. The van der Waals surface area contributed by atoms with Gasteiger partial charge in [-0.25, -0.2) is 0 Å². The summed E-state index contributed by atoms with van der Waals surface area (Å²) in [6, 6.07) is 12.0. The zero-order valence-electron chi connectivity index (χ0n) is 11.0. The molecule has 2 rings (SSSR count). The molecule has 0 unspecified atom stereocenters. The normalized spacial score (nSPS) is 9.72. The van der Waals surface area contributed by atoms with E-state index in [1.165, 1.54) is 16.7 Å². The summed E-state index contributed by atoms with van der Waals surface area (Å²) in [7, 11) is 0. The van der Waals surface area contributed by atoms with Crippen LogP contribution in [0.5, 0.6) is 0 Å². The van der Waals surface area contributed by atoms with Gasteiger partial charge in [0.15, 0.2) is 0 Å². The number of hydrogen-bond acceptors (Lipinski definition) is 1. The zero-order chi connectivity index (χ0) is 13.1. The highest BCUT2D eigenvalue weighted by molar-refractivity contribution is 5.53. The summed E-state index contributed by atoms with van der Waals surface area (Å²) in [6.45, 7) is 6.31. The predicted molar refractivity (Wildman–Crippen MR) is 77.5 cm³/mol. The highest BCUT2D eigenvalue weighted by Crippen LogP contribution is 2.15. The van der Waals surface area contributed by atoms with Crippen LogP contribution in [0.15, 0.2) is 36.4 Å². The first-order valence-corrected chi connectivity index (χ1v) is 6.01. The van der Waals surface area contributed by atoms with Crippen LogP contribution in [0.25, 0.3) is 0 Å². The molecule has 2 aromatic carbocycles. The molecule has 0 aliphatic carbocycles. The molecule has 1 nitrogen and oxygen atoms in total. The van der Waals surface area contributed by atoms with E-state index in [1.54, 1.807) is 0 Å². The van der Waals surface area contributed by atoms with Gasteiger partial charge in [-0.2, -0.15) is 0 Å². The topological polar surface area (TPSA) is 26.0 Å². The van der Waals surface area contributed by atoms with Crippen molar-refractivity contribution in [2.45, 2.75) is 20.8 Å². The van der Waals surface area contributed by atoms with Crippen LogP contribution in [0.2, 0.25) is 0 Å². The second-order valence-electron chi connectivity index (χ2n) is 4.65. The molecule has 0 spiro atoms. The first-order valence-electron chi connectivity index (χ1n) is 6.01. The molecule has 0 saturated heterocycles. The molecule has 0 aromatic heterocycles. The molecule has 0 saturated carbocycles. The molecule has 1 heteroatoms. The van der Waals surface area contributed by atoms with Crippen LogP contribution in [0.3, 0.4) is 0 Å². The molecule has 0 aliphatic heterocycles. The molecule has 2 aromatic rings. The summed E-state index contributed by atoms with van der Waals surface area (Å²) in [5.74, 6) is 6.42. The molecule has 18 heavy (non-hydrogen) atoms. The van der Waals surface area contributed by atoms with Crippen LogP contribution < -0.4 is 5.73 Å². The van der Waals surface area contributed by atoms with Crippen molar-refractivity contribution in [2.24, 2.45) is 0 Å². The third kappa shape index (κ3) is 2.73. The van der Waals surface area contributed by atoms with Crippen LogP contribution in [-0.2, 0) is 0 Å². The first-order chi connectivity index (χ1) is 8.56. The van der Waals surface area contributed by atoms with Gasteiger partial charge in [0.05, 0.1) is 0 Å². The Labute approximate surface area is 109 Å². The predicted octanol–water partition coefficient (Wildman–Crippen LogP) is 3.59. The Morgan fingerprint density at radius 1 is 0.889 bits per heavy atom. The summed E-state index contributed by atoms with van der Waals surface area (Å²) < 4.78 is 0. The molecule has 0 amide bonds. The molecule has 90 valence electrons. The summed E-state index contributed by atoms with van der Waals surface area (Å²) in [5, 5.41) is 0. The van der Waals surface area contributed by atoms with E-state index in [0.717, 1.165) is 16.8 Å². The summed E-state index contributed by atoms with van der Waals surface area (Å²) in [4.78, 5) is 0. The second kappa shape index (κ2) is 4.98. The van der Waals surface area contributed by atoms with Gasteiger partial charge in [0.25, 0.3) is 0 Å². The van der Waals surface area contributed by atoms with Crippen LogP contribution in [0, 0.1) is 32.6 Å². The fourth-order valence-corrected chi connectivity index (χ4v) is 2.13. The summed E-state index contributed by atoms with van der Waals surface area (Å²) >= 11 is 0.